The summed E-state index contributed by atoms with van der Waals surface area (Å²) in [4.78, 5) is 2.48. The molecule has 0 aliphatic carbocycles. The number of piperidine rings is 1. The molecule has 110 valence electrons. The lowest BCUT2D eigenvalue weighted by atomic mass is 9.91. The zero-order valence-corrected chi connectivity index (χ0v) is 11.9. The van der Waals surface area contributed by atoms with Crippen molar-refractivity contribution in [2.45, 2.75) is 62.9 Å². The lowest BCUT2D eigenvalue weighted by Crippen LogP contribution is -2.50. The lowest BCUT2D eigenvalue weighted by molar-refractivity contribution is 0.00410. The molecule has 4 unspecified atom stereocenters. The molecule has 0 amide bonds. The van der Waals surface area contributed by atoms with Gasteiger partial charge in [0.15, 0.2) is 0 Å². The normalized spacial score (nSPS) is 33.1. The third-order valence-electron chi connectivity index (χ3n) is 4.80. The van der Waals surface area contributed by atoms with Crippen molar-refractivity contribution in [1.29, 1.82) is 0 Å². The van der Waals surface area contributed by atoms with Crippen LogP contribution in [-0.4, -0.2) is 34.2 Å². The minimum Gasteiger partial charge on any atom is -0.393 e. The molecule has 0 spiro atoms. The summed E-state index contributed by atoms with van der Waals surface area (Å²) >= 11 is 0. The Labute approximate surface area is 119 Å². The van der Waals surface area contributed by atoms with Crippen molar-refractivity contribution in [2.75, 3.05) is 0 Å². The molecule has 2 saturated heterocycles. The molecule has 0 radical (unpaired) electrons. The fourth-order valence-corrected chi connectivity index (χ4v) is 4.05. The van der Waals surface area contributed by atoms with Crippen LogP contribution in [0, 0.1) is 5.82 Å². The van der Waals surface area contributed by atoms with Crippen molar-refractivity contribution in [3.63, 3.8) is 0 Å². The Morgan fingerprint density at radius 1 is 1.20 bits per heavy atom. The SMILES string of the molecule is CC(N)C(c1ccc(F)cc1)N1C2CCC1CC(O)C2. The summed E-state index contributed by atoms with van der Waals surface area (Å²) in [7, 11) is 0. The molecule has 2 bridgehead atoms. The summed E-state index contributed by atoms with van der Waals surface area (Å²) < 4.78 is 13.1. The summed E-state index contributed by atoms with van der Waals surface area (Å²) in [6.07, 6.45) is 3.76. The molecule has 2 fully saturated rings. The van der Waals surface area contributed by atoms with Crippen molar-refractivity contribution >= 4 is 0 Å². The van der Waals surface area contributed by atoms with Crippen LogP contribution in [0.3, 0.4) is 0 Å². The van der Waals surface area contributed by atoms with Crippen molar-refractivity contribution in [1.82, 2.24) is 4.90 Å². The summed E-state index contributed by atoms with van der Waals surface area (Å²) in [5, 5.41) is 9.93. The van der Waals surface area contributed by atoms with Gasteiger partial charge >= 0.3 is 0 Å². The minimum atomic E-state index is -0.214. The highest BCUT2D eigenvalue weighted by molar-refractivity contribution is 5.23. The molecule has 3 nitrogen and oxygen atoms in total. The largest absolute Gasteiger partial charge is 0.393 e. The van der Waals surface area contributed by atoms with Gasteiger partial charge in [0.2, 0.25) is 0 Å². The highest BCUT2D eigenvalue weighted by Gasteiger charge is 2.44. The Bertz CT molecular complexity index is 448. The smallest absolute Gasteiger partial charge is 0.123 e. The summed E-state index contributed by atoms with van der Waals surface area (Å²) in [6.45, 7) is 2.01. The fourth-order valence-electron chi connectivity index (χ4n) is 4.05. The molecule has 0 aromatic heterocycles. The second kappa shape index (κ2) is 5.43. The van der Waals surface area contributed by atoms with E-state index in [-0.39, 0.29) is 24.0 Å². The van der Waals surface area contributed by atoms with Gasteiger partial charge in [-0.25, -0.2) is 4.39 Å². The number of aliphatic hydroxyl groups excluding tert-OH is 1. The van der Waals surface area contributed by atoms with E-state index >= 15 is 0 Å². The van der Waals surface area contributed by atoms with Crippen LogP contribution in [0.4, 0.5) is 4.39 Å². The molecule has 0 saturated carbocycles. The van der Waals surface area contributed by atoms with Gasteiger partial charge in [0.05, 0.1) is 12.1 Å². The van der Waals surface area contributed by atoms with Crippen molar-refractivity contribution < 1.29 is 9.50 Å². The number of fused-ring (bicyclic) bond motifs is 2. The lowest BCUT2D eigenvalue weighted by Gasteiger charge is -2.44. The van der Waals surface area contributed by atoms with E-state index < -0.39 is 0 Å². The van der Waals surface area contributed by atoms with Gasteiger partial charge in [-0.15, -0.1) is 0 Å². The minimum absolute atomic E-state index is 0.0150. The topological polar surface area (TPSA) is 49.5 Å². The van der Waals surface area contributed by atoms with Gasteiger partial charge in [0, 0.05) is 18.1 Å². The summed E-state index contributed by atoms with van der Waals surface area (Å²) in [6, 6.07) is 7.60. The van der Waals surface area contributed by atoms with Gasteiger partial charge < -0.3 is 10.8 Å². The van der Waals surface area contributed by atoms with Crippen LogP contribution in [-0.2, 0) is 0 Å². The van der Waals surface area contributed by atoms with Gasteiger partial charge in [-0.3, -0.25) is 4.90 Å². The molecule has 4 atom stereocenters. The number of rotatable bonds is 3. The number of hydrogen-bond acceptors (Lipinski definition) is 3. The molecule has 20 heavy (non-hydrogen) atoms. The van der Waals surface area contributed by atoms with E-state index in [1.54, 1.807) is 0 Å². The Kier molecular flexibility index (Phi) is 3.80. The predicted octanol–water partition coefficient (Wildman–Crippen LogP) is 2.20. The second-order valence-electron chi connectivity index (χ2n) is 6.31. The van der Waals surface area contributed by atoms with E-state index in [1.807, 2.05) is 19.1 Å². The van der Waals surface area contributed by atoms with Gasteiger partial charge in [0.25, 0.3) is 0 Å². The zero-order valence-electron chi connectivity index (χ0n) is 11.9. The molecule has 1 aromatic rings. The predicted molar refractivity (Wildman–Crippen MR) is 76.7 cm³/mol. The Hall–Kier alpha value is -0.970. The number of benzene rings is 1. The first-order chi connectivity index (χ1) is 9.56. The molecule has 3 rings (SSSR count). The maximum absolute atomic E-state index is 13.1. The van der Waals surface area contributed by atoms with Gasteiger partial charge in [-0.1, -0.05) is 12.1 Å². The van der Waals surface area contributed by atoms with E-state index in [1.165, 1.54) is 12.1 Å². The number of nitrogens with two attached hydrogens (primary N) is 1. The average Bonchev–Trinajstić information content (AvgIpc) is 2.65. The fraction of sp³-hybridized carbons (Fsp3) is 0.625. The molecule has 1 aromatic carbocycles. The van der Waals surface area contributed by atoms with Gasteiger partial charge in [0.1, 0.15) is 5.82 Å². The highest BCUT2D eigenvalue weighted by atomic mass is 19.1. The third-order valence-corrected chi connectivity index (χ3v) is 4.80. The molecule has 2 heterocycles. The Morgan fingerprint density at radius 2 is 1.75 bits per heavy atom. The van der Waals surface area contributed by atoms with Gasteiger partial charge in [-0.05, 0) is 50.3 Å². The summed E-state index contributed by atoms with van der Waals surface area (Å²) in [5.74, 6) is -0.214. The molecule has 4 heteroatoms. The van der Waals surface area contributed by atoms with Crippen LogP contribution in [0.15, 0.2) is 24.3 Å². The van der Waals surface area contributed by atoms with E-state index in [0.29, 0.717) is 12.1 Å². The quantitative estimate of drug-likeness (QED) is 0.891. The Morgan fingerprint density at radius 3 is 2.25 bits per heavy atom. The Balaban J connectivity index is 1.90. The second-order valence-corrected chi connectivity index (χ2v) is 6.31. The van der Waals surface area contributed by atoms with E-state index in [0.717, 1.165) is 31.2 Å². The van der Waals surface area contributed by atoms with Crippen molar-refractivity contribution in [3.8, 4) is 0 Å². The summed E-state index contributed by atoms with van der Waals surface area (Å²) in [5.41, 5.74) is 7.30. The number of aliphatic hydroxyl groups is 1. The molecule has 2 aliphatic heterocycles. The first-order valence-electron chi connectivity index (χ1n) is 7.53. The van der Waals surface area contributed by atoms with Crippen LogP contribution in [0.2, 0.25) is 0 Å². The number of halogens is 1. The molecule has 3 N–H and O–H groups in total. The number of nitrogens with zero attached hydrogens (tertiary/aromatic N) is 1. The standard InChI is InChI=1S/C16H23FN2O/c1-10(18)16(11-2-4-12(17)5-3-11)19-13-6-7-14(19)9-15(20)8-13/h2-5,10,13-16,20H,6-9,18H2,1H3. The monoisotopic (exact) mass is 278 g/mol. The first kappa shape index (κ1) is 14.0. The third kappa shape index (κ3) is 2.48. The molecular weight excluding hydrogens is 255 g/mol. The van der Waals surface area contributed by atoms with Crippen LogP contribution in [0.5, 0.6) is 0 Å². The van der Waals surface area contributed by atoms with E-state index in [9.17, 15) is 9.50 Å². The van der Waals surface area contributed by atoms with Crippen LogP contribution in [0.1, 0.15) is 44.2 Å². The average molecular weight is 278 g/mol. The van der Waals surface area contributed by atoms with Crippen LogP contribution in [0.25, 0.3) is 0 Å². The van der Waals surface area contributed by atoms with E-state index in [4.69, 9.17) is 5.73 Å². The van der Waals surface area contributed by atoms with Gasteiger partial charge in [-0.2, -0.15) is 0 Å². The maximum Gasteiger partial charge on any atom is 0.123 e. The maximum atomic E-state index is 13.1. The number of hydrogen-bond donors (Lipinski definition) is 2. The van der Waals surface area contributed by atoms with Crippen molar-refractivity contribution in [2.24, 2.45) is 5.73 Å². The van der Waals surface area contributed by atoms with Crippen LogP contribution < -0.4 is 5.73 Å². The first-order valence-corrected chi connectivity index (χ1v) is 7.53. The highest BCUT2D eigenvalue weighted by Crippen LogP contribution is 2.42. The molecular formula is C16H23FN2O. The molecule has 2 aliphatic rings. The van der Waals surface area contributed by atoms with Crippen LogP contribution >= 0.6 is 0 Å². The van der Waals surface area contributed by atoms with Crippen molar-refractivity contribution in [3.05, 3.63) is 35.6 Å². The zero-order chi connectivity index (χ0) is 14.3. The van der Waals surface area contributed by atoms with E-state index in [2.05, 4.69) is 4.90 Å².